The van der Waals surface area contributed by atoms with Gasteiger partial charge in [0.25, 0.3) is 0 Å². The smallest absolute Gasteiger partial charge is 0.338 e. The Morgan fingerprint density at radius 2 is 1.81 bits per heavy atom. The molecule has 2 aromatic carbocycles. The van der Waals surface area contributed by atoms with Crippen molar-refractivity contribution in [1.29, 1.82) is 0 Å². The summed E-state index contributed by atoms with van der Waals surface area (Å²) in [5, 5.41) is 3.29. The molecule has 0 bridgehead atoms. The molecule has 1 saturated heterocycles. The summed E-state index contributed by atoms with van der Waals surface area (Å²) in [7, 11) is 0. The van der Waals surface area contributed by atoms with Crippen LogP contribution < -0.4 is 5.32 Å². The van der Waals surface area contributed by atoms with Crippen LogP contribution in [0.4, 0.5) is 22.0 Å². The van der Waals surface area contributed by atoms with Crippen molar-refractivity contribution < 1.29 is 26.7 Å². The summed E-state index contributed by atoms with van der Waals surface area (Å²) < 4.78 is 66.0. The molecule has 1 amide bonds. The summed E-state index contributed by atoms with van der Waals surface area (Å²) in [6.07, 6.45) is -3.79. The maximum absolute atomic E-state index is 13.3. The molecular formula is C23H25F5N2O. The quantitative estimate of drug-likeness (QED) is 0.638. The fourth-order valence-corrected chi connectivity index (χ4v) is 4.17. The van der Waals surface area contributed by atoms with Gasteiger partial charge in [-0.3, -0.25) is 4.79 Å². The van der Waals surface area contributed by atoms with E-state index >= 15 is 0 Å². The Kier molecular flexibility index (Phi) is 7.30. The fraction of sp³-hybridized carbons (Fsp3) is 0.435. The molecule has 0 radical (unpaired) electrons. The maximum Gasteiger partial charge on any atom is 0.416 e. The van der Waals surface area contributed by atoms with E-state index in [1.807, 2.05) is 0 Å². The lowest BCUT2D eigenvalue weighted by Crippen LogP contribution is -2.43. The number of carbonyl (C=O) groups excluding carboxylic acids is 1. The van der Waals surface area contributed by atoms with Gasteiger partial charge in [-0.15, -0.1) is 0 Å². The number of nitrogens with one attached hydrogen (secondary N) is 1. The Morgan fingerprint density at radius 1 is 1.13 bits per heavy atom. The summed E-state index contributed by atoms with van der Waals surface area (Å²) in [6, 6.07) is 9.38. The SMILES string of the molecule is CC(=O)N(Cc1cc(CF)cc(C(F)(F)F)c1)CC1CNCC[C@H]1c1ccc(F)cc1. The minimum absolute atomic E-state index is 0.00885. The van der Waals surface area contributed by atoms with E-state index < -0.39 is 18.4 Å². The van der Waals surface area contributed by atoms with Crippen LogP contribution in [0.25, 0.3) is 0 Å². The number of hydrogen-bond acceptors (Lipinski definition) is 2. The molecule has 3 nitrogen and oxygen atoms in total. The fourth-order valence-electron chi connectivity index (χ4n) is 4.17. The highest BCUT2D eigenvalue weighted by molar-refractivity contribution is 5.73. The molecule has 0 aromatic heterocycles. The Morgan fingerprint density at radius 3 is 2.42 bits per heavy atom. The average molecular weight is 440 g/mol. The summed E-state index contributed by atoms with van der Waals surface area (Å²) in [6.45, 7) is 2.05. The highest BCUT2D eigenvalue weighted by atomic mass is 19.4. The van der Waals surface area contributed by atoms with Gasteiger partial charge in [0.15, 0.2) is 0 Å². The monoisotopic (exact) mass is 440 g/mol. The summed E-state index contributed by atoms with van der Waals surface area (Å²) in [5.41, 5.74) is 0.205. The van der Waals surface area contributed by atoms with E-state index in [9.17, 15) is 26.7 Å². The van der Waals surface area contributed by atoms with Crippen LogP contribution in [-0.4, -0.2) is 30.4 Å². The predicted octanol–water partition coefficient (Wildman–Crippen LogP) is 5.06. The molecule has 1 heterocycles. The number of carbonyl (C=O) groups is 1. The minimum atomic E-state index is -4.60. The highest BCUT2D eigenvalue weighted by Crippen LogP contribution is 2.33. The number of amides is 1. The molecule has 0 aliphatic carbocycles. The van der Waals surface area contributed by atoms with Crippen molar-refractivity contribution in [3.63, 3.8) is 0 Å². The zero-order valence-corrected chi connectivity index (χ0v) is 17.2. The molecule has 1 unspecified atom stereocenters. The van der Waals surface area contributed by atoms with Crippen LogP contribution in [-0.2, 0) is 24.2 Å². The van der Waals surface area contributed by atoms with E-state index in [1.54, 1.807) is 12.1 Å². The van der Waals surface area contributed by atoms with Crippen molar-refractivity contribution in [3.05, 3.63) is 70.5 Å². The average Bonchev–Trinajstić information content (AvgIpc) is 2.73. The lowest BCUT2D eigenvalue weighted by molar-refractivity contribution is -0.137. The van der Waals surface area contributed by atoms with Crippen LogP contribution >= 0.6 is 0 Å². The minimum Gasteiger partial charge on any atom is -0.338 e. The van der Waals surface area contributed by atoms with Gasteiger partial charge in [-0.2, -0.15) is 13.2 Å². The molecule has 1 aliphatic heterocycles. The van der Waals surface area contributed by atoms with Gasteiger partial charge in [-0.25, -0.2) is 8.78 Å². The second-order valence-electron chi connectivity index (χ2n) is 7.98. The van der Waals surface area contributed by atoms with Crippen LogP contribution in [0, 0.1) is 11.7 Å². The van der Waals surface area contributed by atoms with Gasteiger partial charge < -0.3 is 10.2 Å². The van der Waals surface area contributed by atoms with E-state index in [-0.39, 0.29) is 41.2 Å². The van der Waals surface area contributed by atoms with Crippen molar-refractivity contribution in [3.8, 4) is 0 Å². The molecule has 0 saturated carbocycles. The van der Waals surface area contributed by atoms with E-state index in [2.05, 4.69) is 5.32 Å². The van der Waals surface area contributed by atoms with Crippen molar-refractivity contribution in [2.45, 2.75) is 38.7 Å². The van der Waals surface area contributed by atoms with Crippen LogP contribution in [0.1, 0.15) is 41.5 Å². The summed E-state index contributed by atoms with van der Waals surface area (Å²) in [5.74, 6) is -0.503. The topological polar surface area (TPSA) is 32.3 Å². The summed E-state index contributed by atoms with van der Waals surface area (Å²) in [4.78, 5) is 13.8. The lowest BCUT2D eigenvalue weighted by Gasteiger charge is -2.36. The number of piperidine rings is 1. The molecule has 1 fully saturated rings. The molecule has 168 valence electrons. The third kappa shape index (κ3) is 6.03. The number of benzene rings is 2. The molecule has 3 rings (SSSR count). The van der Waals surface area contributed by atoms with Gasteiger partial charge in [-0.05, 0) is 65.8 Å². The van der Waals surface area contributed by atoms with Crippen molar-refractivity contribution in [2.75, 3.05) is 19.6 Å². The van der Waals surface area contributed by atoms with E-state index in [0.29, 0.717) is 13.1 Å². The maximum atomic E-state index is 13.3. The van der Waals surface area contributed by atoms with Gasteiger partial charge in [-0.1, -0.05) is 18.2 Å². The van der Waals surface area contributed by atoms with Gasteiger partial charge in [0.05, 0.1) is 5.56 Å². The first-order chi connectivity index (χ1) is 14.7. The van der Waals surface area contributed by atoms with E-state index in [0.717, 1.165) is 30.7 Å². The van der Waals surface area contributed by atoms with Gasteiger partial charge in [0.1, 0.15) is 12.5 Å². The molecule has 8 heteroatoms. The highest BCUT2D eigenvalue weighted by Gasteiger charge is 2.32. The molecule has 2 aromatic rings. The predicted molar refractivity (Wildman–Crippen MR) is 107 cm³/mol. The molecule has 1 aliphatic rings. The molecule has 2 atom stereocenters. The second kappa shape index (κ2) is 9.77. The number of hydrogen-bond donors (Lipinski definition) is 1. The number of halogens is 5. The van der Waals surface area contributed by atoms with Gasteiger partial charge >= 0.3 is 6.18 Å². The first-order valence-electron chi connectivity index (χ1n) is 10.1. The molecule has 31 heavy (non-hydrogen) atoms. The third-order valence-electron chi connectivity index (χ3n) is 5.71. The van der Waals surface area contributed by atoms with Crippen LogP contribution in [0.15, 0.2) is 42.5 Å². The molecule has 1 N–H and O–H groups in total. The normalized spacial score (nSPS) is 19.3. The number of alkyl halides is 4. The Bertz CT molecular complexity index is 898. The van der Waals surface area contributed by atoms with E-state index in [1.165, 1.54) is 30.0 Å². The van der Waals surface area contributed by atoms with Crippen molar-refractivity contribution in [1.82, 2.24) is 10.2 Å². The first-order valence-corrected chi connectivity index (χ1v) is 10.1. The van der Waals surface area contributed by atoms with Crippen molar-refractivity contribution >= 4 is 5.91 Å². The second-order valence-corrected chi connectivity index (χ2v) is 7.98. The zero-order valence-electron chi connectivity index (χ0n) is 17.2. The third-order valence-corrected chi connectivity index (χ3v) is 5.71. The van der Waals surface area contributed by atoms with Gasteiger partial charge in [0, 0.05) is 26.6 Å². The largest absolute Gasteiger partial charge is 0.416 e. The van der Waals surface area contributed by atoms with Crippen LogP contribution in [0.5, 0.6) is 0 Å². The Labute approximate surface area is 178 Å². The first kappa shape index (κ1) is 23.2. The molecule has 0 spiro atoms. The number of rotatable bonds is 6. The zero-order chi connectivity index (χ0) is 22.6. The molecular weight excluding hydrogens is 415 g/mol. The Hall–Kier alpha value is -2.48. The Balaban J connectivity index is 1.82. The summed E-state index contributed by atoms with van der Waals surface area (Å²) >= 11 is 0. The van der Waals surface area contributed by atoms with Crippen LogP contribution in [0.3, 0.4) is 0 Å². The number of nitrogens with zero attached hydrogens (tertiary/aromatic N) is 1. The lowest BCUT2D eigenvalue weighted by atomic mass is 9.80. The van der Waals surface area contributed by atoms with Crippen LogP contribution in [0.2, 0.25) is 0 Å². The van der Waals surface area contributed by atoms with Gasteiger partial charge in [0.2, 0.25) is 5.91 Å². The van der Waals surface area contributed by atoms with E-state index in [4.69, 9.17) is 0 Å². The van der Waals surface area contributed by atoms with Crippen molar-refractivity contribution in [2.24, 2.45) is 5.92 Å². The standard InChI is InChI=1S/C23H25F5N2O/c1-15(31)30(13-17-8-16(11-24)9-20(10-17)23(26,27)28)14-19-12-29-7-6-22(19)18-2-4-21(25)5-3-18/h2-5,8-10,19,22,29H,6-7,11-14H2,1H3/t19?,22-/m0/s1.